The Bertz CT molecular complexity index is 294. The van der Waals surface area contributed by atoms with Gasteiger partial charge in [0.1, 0.15) is 0 Å². The summed E-state index contributed by atoms with van der Waals surface area (Å²) in [7, 11) is 0. The fraction of sp³-hybridized carbons (Fsp3) is 0.200. The summed E-state index contributed by atoms with van der Waals surface area (Å²) in [5, 5.41) is 8.87. The van der Waals surface area contributed by atoms with Gasteiger partial charge in [-0.05, 0) is 24.1 Å². The summed E-state index contributed by atoms with van der Waals surface area (Å²) in [5.41, 5.74) is 2.76. The van der Waals surface area contributed by atoms with Gasteiger partial charge in [0.25, 0.3) is 0 Å². The third-order valence-electron chi connectivity index (χ3n) is 1.77. The van der Waals surface area contributed by atoms with Crippen LogP contribution in [0.2, 0.25) is 0 Å². The van der Waals surface area contributed by atoms with E-state index >= 15 is 0 Å². The number of hydrogen-bond acceptors (Lipinski definition) is 1. The molecule has 1 aromatic carbocycles. The van der Waals surface area contributed by atoms with Crippen LogP contribution >= 0.6 is 0 Å². The minimum atomic E-state index is 0.0569. The second-order valence-electron chi connectivity index (χ2n) is 2.39. The first-order chi connectivity index (χ1) is 5.29. The van der Waals surface area contributed by atoms with Crippen LogP contribution in [0.1, 0.15) is 16.7 Å². The van der Waals surface area contributed by atoms with Crippen molar-refractivity contribution in [3.8, 4) is 12.3 Å². The van der Waals surface area contributed by atoms with Crippen LogP contribution in [-0.4, -0.2) is 5.11 Å². The zero-order chi connectivity index (χ0) is 8.27. The Morgan fingerprint density at radius 2 is 2.27 bits per heavy atom. The Labute approximate surface area is 66.7 Å². The van der Waals surface area contributed by atoms with Gasteiger partial charge >= 0.3 is 0 Å². The first-order valence-electron chi connectivity index (χ1n) is 3.45. The molecule has 11 heavy (non-hydrogen) atoms. The van der Waals surface area contributed by atoms with E-state index in [1.54, 1.807) is 0 Å². The standard InChI is InChI=1S/C10H10O/c1-3-9-5-4-6-10(7-11)8(9)2/h1,4-6,11H,7H2,2H3. The van der Waals surface area contributed by atoms with Gasteiger partial charge in [0, 0.05) is 5.56 Å². The monoisotopic (exact) mass is 146 g/mol. The average Bonchev–Trinajstić information content (AvgIpc) is 2.05. The van der Waals surface area contributed by atoms with Gasteiger partial charge in [0.05, 0.1) is 6.61 Å². The van der Waals surface area contributed by atoms with Crippen LogP contribution in [0, 0.1) is 19.3 Å². The summed E-state index contributed by atoms with van der Waals surface area (Å²) < 4.78 is 0. The molecule has 1 aromatic rings. The molecular formula is C10H10O. The summed E-state index contributed by atoms with van der Waals surface area (Å²) in [6, 6.07) is 5.60. The van der Waals surface area contributed by atoms with Gasteiger partial charge in [-0.3, -0.25) is 0 Å². The fourth-order valence-corrected chi connectivity index (χ4v) is 1.01. The number of benzene rings is 1. The maximum absolute atomic E-state index is 8.87. The molecule has 0 spiro atoms. The first-order valence-corrected chi connectivity index (χ1v) is 3.45. The molecule has 0 amide bonds. The van der Waals surface area contributed by atoms with Crippen LogP contribution in [0.5, 0.6) is 0 Å². The lowest BCUT2D eigenvalue weighted by Crippen LogP contribution is -1.90. The molecular weight excluding hydrogens is 136 g/mol. The maximum Gasteiger partial charge on any atom is 0.0684 e. The minimum Gasteiger partial charge on any atom is -0.392 e. The van der Waals surface area contributed by atoms with E-state index in [0.717, 1.165) is 16.7 Å². The van der Waals surface area contributed by atoms with Crippen molar-refractivity contribution in [2.75, 3.05) is 0 Å². The van der Waals surface area contributed by atoms with Crippen LogP contribution in [0.3, 0.4) is 0 Å². The molecule has 0 aliphatic rings. The molecule has 0 radical (unpaired) electrons. The summed E-state index contributed by atoms with van der Waals surface area (Å²) in [6.07, 6.45) is 5.24. The number of terminal acetylenes is 1. The van der Waals surface area contributed by atoms with E-state index in [-0.39, 0.29) is 6.61 Å². The molecule has 0 unspecified atom stereocenters. The summed E-state index contributed by atoms with van der Waals surface area (Å²) in [6.45, 7) is 1.97. The summed E-state index contributed by atoms with van der Waals surface area (Å²) in [5.74, 6) is 2.56. The van der Waals surface area contributed by atoms with E-state index < -0.39 is 0 Å². The van der Waals surface area contributed by atoms with Crippen LogP contribution < -0.4 is 0 Å². The molecule has 1 rings (SSSR count). The Kier molecular flexibility index (Phi) is 2.30. The number of hydrogen-bond donors (Lipinski definition) is 1. The molecule has 0 aromatic heterocycles. The molecule has 56 valence electrons. The van der Waals surface area contributed by atoms with Gasteiger partial charge in [-0.1, -0.05) is 18.1 Å². The fourth-order valence-electron chi connectivity index (χ4n) is 1.01. The molecule has 0 heterocycles. The molecule has 1 nitrogen and oxygen atoms in total. The summed E-state index contributed by atoms with van der Waals surface area (Å²) >= 11 is 0. The molecule has 0 aliphatic heterocycles. The van der Waals surface area contributed by atoms with Crippen molar-refractivity contribution >= 4 is 0 Å². The SMILES string of the molecule is C#Cc1cccc(CO)c1C. The van der Waals surface area contributed by atoms with Gasteiger partial charge in [0.15, 0.2) is 0 Å². The molecule has 0 saturated heterocycles. The Morgan fingerprint density at radius 1 is 1.55 bits per heavy atom. The molecule has 0 atom stereocenters. The van der Waals surface area contributed by atoms with Gasteiger partial charge in [0.2, 0.25) is 0 Å². The molecule has 0 aliphatic carbocycles. The Balaban J connectivity index is 3.23. The highest BCUT2D eigenvalue weighted by Crippen LogP contribution is 2.11. The lowest BCUT2D eigenvalue weighted by Gasteiger charge is -2.03. The lowest BCUT2D eigenvalue weighted by atomic mass is 10.0. The van der Waals surface area contributed by atoms with Gasteiger partial charge in [-0.25, -0.2) is 0 Å². The predicted molar refractivity (Wildman–Crippen MR) is 45.0 cm³/mol. The van der Waals surface area contributed by atoms with Crippen molar-refractivity contribution < 1.29 is 5.11 Å². The van der Waals surface area contributed by atoms with Crippen LogP contribution in [-0.2, 0) is 6.61 Å². The highest BCUT2D eigenvalue weighted by molar-refractivity contribution is 5.43. The van der Waals surface area contributed by atoms with Crippen molar-refractivity contribution in [1.29, 1.82) is 0 Å². The topological polar surface area (TPSA) is 20.2 Å². The van der Waals surface area contributed by atoms with Gasteiger partial charge in [-0.15, -0.1) is 6.42 Å². The molecule has 1 N–H and O–H groups in total. The molecule has 0 fully saturated rings. The van der Waals surface area contributed by atoms with E-state index in [2.05, 4.69) is 5.92 Å². The van der Waals surface area contributed by atoms with E-state index in [1.165, 1.54) is 0 Å². The zero-order valence-corrected chi connectivity index (χ0v) is 6.46. The number of aliphatic hydroxyl groups is 1. The lowest BCUT2D eigenvalue weighted by molar-refractivity contribution is 0.281. The highest BCUT2D eigenvalue weighted by atomic mass is 16.3. The van der Waals surface area contributed by atoms with Crippen molar-refractivity contribution in [1.82, 2.24) is 0 Å². The third kappa shape index (κ3) is 1.42. The maximum atomic E-state index is 8.87. The van der Waals surface area contributed by atoms with Crippen LogP contribution in [0.15, 0.2) is 18.2 Å². The summed E-state index contributed by atoms with van der Waals surface area (Å²) in [4.78, 5) is 0. The van der Waals surface area contributed by atoms with Crippen molar-refractivity contribution in [2.45, 2.75) is 13.5 Å². The smallest absolute Gasteiger partial charge is 0.0684 e. The molecule has 1 heteroatoms. The number of aliphatic hydroxyl groups excluding tert-OH is 1. The van der Waals surface area contributed by atoms with Crippen LogP contribution in [0.4, 0.5) is 0 Å². The second-order valence-corrected chi connectivity index (χ2v) is 2.39. The van der Waals surface area contributed by atoms with Crippen molar-refractivity contribution in [3.05, 3.63) is 34.9 Å². The van der Waals surface area contributed by atoms with E-state index in [4.69, 9.17) is 11.5 Å². The average molecular weight is 146 g/mol. The predicted octanol–water partition coefficient (Wildman–Crippen LogP) is 1.47. The Hall–Kier alpha value is -1.26. The van der Waals surface area contributed by atoms with Gasteiger partial charge in [-0.2, -0.15) is 0 Å². The van der Waals surface area contributed by atoms with E-state index in [1.807, 2.05) is 25.1 Å². The zero-order valence-electron chi connectivity index (χ0n) is 6.46. The quantitative estimate of drug-likeness (QED) is 0.595. The molecule has 0 bridgehead atoms. The normalized spacial score (nSPS) is 9.18. The largest absolute Gasteiger partial charge is 0.392 e. The third-order valence-corrected chi connectivity index (χ3v) is 1.77. The van der Waals surface area contributed by atoms with Gasteiger partial charge < -0.3 is 5.11 Å². The number of rotatable bonds is 1. The second kappa shape index (κ2) is 3.23. The van der Waals surface area contributed by atoms with Crippen molar-refractivity contribution in [2.24, 2.45) is 0 Å². The minimum absolute atomic E-state index is 0.0569. The Morgan fingerprint density at radius 3 is 2.82 bits per heavy atom. The first kappa shape index (κ1) is 7.84. The van der Waals surface area contributed by atoms with E-state index in [9.17, 15) is 0 Å². The van der Waals surface area contributed by atoms with Crippen molar-refractivity contribution in [3.63, 3.8) is 0 Å². The molecule has 0 saturated carbocycles. The van der Waals surface area contributed by atoms with E-state index in [0.29, 0.717) is 0 Å². The van der Waals surface area contributed by atoms with Crippen LogP contribution in [0.25, 0.3) is 0 Å². The highest BCUT2D eigenvalue weighted by Gasteiger charge is 1.98.